The van der Waals surface area contributed by atoms with Gasteiger partial charge in [0.25, 0.3) is 0 Å². The molecule has 0 N–H and O–H groups in total. The van der Waals surface area contributed by atoms with Crippen LogP contribution < -0.4 is 0 Å². The van der Waals surface area contributed by atoms with Crippen molar-refractivity contribution in [3.8, 4) is 5.00 Å². The zero-order chi connectivity index (χ0) is 23.6. The molecular formula is C25H26ClN5O2S. The quantitative estimate of drug-likeness (QED) is 0.539. The molecule has 1 atom stereocenters. The lowest BCUT2D eigenvalue weighted by atomic mass is 9.96. The van der Waals surface area contributed by atoms with E-state index in [1.807, 2.05) is 36.1 Å². The van der Waals surface area contributed by atoms with E-state index >= 15 is 0 Å². The van der Waals surface area contributed by atoms with Crippen LogP contribution in [0, 0.1) is 12.8 Å². The number of amides is 1. The number of morpholine rings is 1. The molecule has 0 radical (unpaired) electrons. The summed E-state index contributed by atoms with van der Waals surface area (Å²) in [5, 5.41) is 10.6. The van der Waals surface area contributed by atoms with E-state index in [-0.39, 0.29) is 11.8 Å². The molecule has 1 aliphatic carbocycles. The highest BCUT2D eigenvalue weighted by molar-refractivity contribution is 7.15. The van der Waals surface area contributed by atoms with E-state index in [1.165, 1.54) is 10.4 Å². The number of aliphatic imine (C=N–C) groups is 1. The van der Waals surface area contributed by atoms with Crippen LogP contribution in [0.5, 0.6) is 0 Å². The number of ether oxygens (including phenoxy) is 1. The van der Waals surface area contributed by atoms with Gasteiger partial charge in [-0.05, 0) is 45.2 Å². The largest absolute Gasteiger partial charge is 0.378 e. The maximum atomic E-state index is 13.3. The van der Waals surface area contributed by atoms with Crippen molar-refractivity contribution in [3.05, 3.63) is 62.5 Å². The van der Waals surface area contributed by atoms with Crippen LogP contribution in [-0.2, 0) is 27.9 Å². The molecule has 0 spiro atoms. The van der Waals surface area contributed by atoms with Crippen LogP contribution in [-0.4, -0.2) is 57.6 Å². The number of hydrogen-bond donors (Lipinski definition) is 0. The monoisotopic (exact) mass is 495 g/mol. The summed E-state index contributed by atoms with van der Waals surface area (Å²) >= 11 is 8.44. The number of aromatic nitrogens is 3. The number of fused-ring (bicyclic) bond motifs is 5. The van der Waals surface area contributed by atoms with Crippen molar-refractivity contribution in [2.24, 2.45) is 10.9 Å². The lowest BCUT2D eigenvalue weighted by Gasteiger charge is -2.29. The van der Waals surface area contributed by atoms with Crippen LogP contribution in [0.2, 0.25) is 5.02 Å². The Kier molecular flexibility index (Phi) is 5.17. The number of benzene rings is 1. The first kappa shape index (κ1) is 21.9. The van der Waals surface area contributed by atoms with Crippen LogP contribution >= 0.6 is 22.9 Å². The van der Waals surface area contributed by atoms with Crippen molar-refractivity contribution in [1.82, 2.24) is 19.7 Å². The van der Waals surface area contributed by atoms with Crippen LogP contribution in [0.4, 0.5) is 0 Å². The van der Waals surface area contributed by atoms with Crippen molar-refractivity contribution in [1.29, 1.82) is 0 Å². The first-order valence-corrected chi connectivity index (χ1v) is 12.8. The van der Waals surface area contributed by atoms with E-state index in [0.717, 1.165) is 39.9 Å². The average Bonchev–Trinajstić information content (AvgIpc) is 3.49. The molecule has 0 unspecified atom stereocenters. The zero-order valence-corrected chi connectivity index (χ0v) is 21.0. The van der Waals surface area contributed by atoms with Crippen LogP contribution in [0.15, 0.2) is 29.3 Å². The Balaban J connectivity index is 1.51. The lowest BCUT2D eigenvalue weighted by molar-refractivity contribution is -0.139. The predicted molar refractivity (Wildman–Crippen MR) is 132 cm³/mol. The minimum atomic E-state index is -0.594. The first-order chi connectivity index (χ1) is 16.3. The topological polar surface area (TPSA) is 72.6 Å². The molecule has 1 amide bonds. The van der Waals surface area contributed by atoms with E-state index in [0.29, 0.717) is 37.7 Å². The van der Waals surface area contributed by atoms with Crippen molar-refractivity contribution in [2.45, 2.75) is 39.2 Å². The normalized spacial score (nSPS) is 20.9. The zero-order valence-electron chi connectivity index (χ0n) is 19.5. The number of aryl methyl sites for hydroxylation is 1. The van der Waals surface area contributed by atoms with Gasteiger partial charge in [0.1, 0.15) is 16.4 Å². The highest BCUT2D eigenvalue weighted by Crippen LogP contribution is 2.46. The summed E-state index contributed by atoms with van der Waals surface area (Å²) in [6, 6.07) is 7.85. The smallest absolute Gasteiger partial charge is 0.226 e. The minimum absolute atomic E-state index is 0.0464. The van der Waals surface area contributed by atoms with Gasteiger partial charge < -0.3 is 9.64 Å². The summed E-state index contributed by atoms with van der Waals surface area (Å²) in [5.74, 6) is 1.83. The van der Waals surface area contributed by atoms with Crippen LogP contribution in [0.3, 0.4) is 0 Å². The number of rotatable bonds is 2. The van der Waals surface area contributed by atoms with Crippen LogP contribution in [0.25, 0.3) is 5.00 Å². The van der Waals surface area contributed by atoms with Crippen molar-refractivity contribution in [3.63, 3.8) is 0 Å². The molecule has 1 fully saturated rings. The molecule has 3 aliphatic rings. The Morgan fingerprint density at radius 2 is 1.94 bits per heavy atom. The fourth-order valence-corrected chi connectivity index (χ4v) is 6.96. The van der Waals surface area contributed by atoms with Gasteiger partial charge in [0.15, 0.2) is 5.82 Å². The Morgan fingerprint density at radius 3 is 2.71 bits per heavy atom. The number of hydrogen-bond acceptors (Lipinski definition) is 6. The van der Waals surface area contributed by atoms with Gasteiger partial charge >= 0.3 is 0 Å². The van der Waals surface area contributed by atoms with Gasteiger partial charge in [-0.2, -0.15) is 0 Å². The molecule has 0 bridgehead atoms. The first-order valence-electron chi connectivity index (χ1n) is 11.6. The molecule has 1 saturated heterocycles. The van der Waals surface area contributed by atoms with Crippen molar-refractivity contribution in [2.75, 3.05) is 26.3 Å². The Hall–Kier alpha value is -2.55. The highest BCUT2D eigenvalue weighted by Gasteiger charge is 2.41. The molecule has 176 valence electrons. The van der Waals surface area contributed by atoms with Gasteiger partial charge in [-0.1, -0.05) is 29.8 Å². The Labute approximate surface area is 207 Å². The van der Waals surface area contributed by atoms with E-state index in [9.17, 15) is 4.79 Å². The fourth-order valence-electron chi connectivity index (χ4n) is 5.27. The van der Waals surface area contributed by atoms with Crippen molar-refractivity contribution < 1.29 is 9.53 Å². The van der Waals surface area contributed by atoms with Gasteiger partial charge in [0.05, 0.1) is 18.9 Å². The maximum absolute atomic E-state index is 13.3. The highest BCUT2D eigenvalue weighted by atomic mass is 35.5. The summed E-state index contributed by atoms with van der Waals surface area (Å²) < 4.78 is 7.59. The average molecular weight is 496 g/mol. The summed E-state index contributed by atoms with van der Waals surface area (Å²) in [7, 11) is 0. The van der Waals surface area contributed by atoms with Gasteiger partial charge in [0, 0.05) is 40.0 Å². The van der Waals surface area contributed by atoms with E-state index in [2.05, 4.69) is 28.6 Å². The number of carbonyl (C=O) groups is 1. The molecule has 2 aliphatic heterocycles. The molecular weight excluding hydrogens is 470 g/mol. The predicted octanol–water partition coefficient (Wildman–Crippen LogP) is 3.95. The molecule has 9 heteroatoms. The Bertz CT molecular complexity index is 1340. The molecule has 2 aromatic heterocycles. The molecule has 3 aromatic rings. The van der Waals surface area contributed by atoms with Gasteiger partial charge in [-0.3, -0.25) is 14.4 Å². The molecule has 7 nitrogen and oxygen atoms in total. The molecule has 1 aromatic carbocycles. The second-order valence-electron chi connectivity index (χ2n) is 9.63. The van der Waals surface area contributed by atoms with Gasteiger partial charge in [-0.15, -0.1) is 21.5 Å². The molecule has 0 saturated carbocycles. The Morgan fingerprint density at radius 1 is 1.18 bits per heavy atom. The van der Waals surface area contributed by atoms with Crippen molar-refractivity contribution >= 4 is 34.6 Å². The van der Waals surface area contributed by atoms with Gasteiger partial charge in [-0.25, -0.2) is 0 Å². The molecule has 6 rings (SSSR count). The minimum Gasteiger partial charge on any atom is -0.378 e. The summed E-state index contributed by atoms with van der Waals surface area (Å²) in [6.45, 7) is 8.67. The molecule has 4 heterocycles. The van der Waals surface area contributed by atoms with Gasteiger partial charge in [0.2, 0.25) is 5.91 Å². The van der Waals surface area contributed by atoms with E-state index < -0.39 is 5.54 Å². The summed E-state index contributed by atoms with van der Waals surface area (Å²) in [5.41, 5.74) is 3.45. The van der Waals surface area contributed by atoms with E-state index in [4.69, 9.17) is 21.3 Å². The number of nitrogens with zero attached hydrogens (tertiary/aromatic N) is 5. The summed E-state index contributed by atoms with van der Waals surface area (Å²) in [6.07, 6.45) is 1.46. The standard InChI is InChI=1S/C25H26ClN5O2S/c1-14-28-29-24-25(2,3)27-21(16-6-4-5-7-18(16)26)20-17-12-15(13-19(17)34-23(20)31(14)24)22(32)30-8-10-33-11-9-30/h4-7,15H,8-13H2,1-3H3/t15-/m0/s1. The SMILES string of the molecule is Cc1nnc2n1-c1sc3c(c1C(c1ccccc1Cl)=NC2(C)C)C[C@H](C(=O)N1CCOCC1)C3. The summed E-state index contributed by atoms with van der Waals surface area (Å²) in [4.78, 5) is 21.8. The third-order valence-corrected chi connectivity index (χ3v) is 8.53. The second kappa shape index (κ2) is 8.00. The number of thiophene rings is 1. The fraction of sp³-hybridized carbons (Fsp3) is 0.440. The maximum Gasteiger partial charge on any atom is 0.226 e. The molecule has 34 heavy (non-hydrogen) atoms. The van der Waals surface area contributed by atoms with E-state index in [1.54, 1.807) is 11.3 Å². The second-order valence-corrected chi connectivity index (χ2v) is 11.1. The lowest BCUT2D eigenvalue weighted by Crippen LogP contribution is -2.44. The van der Waals surface area contributed by atoms with Crippen LogP contribution in [0.1, 0.15) is 47.1 Å². The number of carbonyl (C=O) groups excluding carboxylic acids is 1. The number of halogens is 1. The third-order valence-electron chi connectivity index (χ3n) is 6.96. The third kappa shape index (κ3) is 3.34.